The van der Waals surface area contributed by atoms with Crippen molar-refractivity contribution in [2.24, 2.45) is 0 Å². The molecule has 0 amide bonds. The summed E-state index contributed by atoms with van der Waals surface area (Å²) in [4.78, 5) is 10.4. The van der Waals surface area contributed by atoms with Crippen molar-refractivity contribution >= 4 is 5.69 Å². The maximum Gasteiger partial charge on any atom is 0.311 e. The third kappa shape index (κ3) is 3.34. The Balaban J connectivity index is 2.21. The monoisotopic (exact) mass is 286 g/mol. The Labute approximate surface area is 120 Å². The van der Waals surface area contributed by atoms with Gasteiger partial charge < -0.3 is 4.74 Å². The first-order valence-electron chi connectivity index (χ1n) is 6.07. The molecule has 0 fully saturated rings. The third-order valence-corrected chi connectivity index (χ3v) is 2.86. The zero-order chi connectivity index (χ0) is 15.4. The standard InChI is InChI=1S/C15H11FN2O3/c1-10-2-5-15(14(6-10)18(19)20)21-9-11-3-4-13(16)12(7-11)8-17/h2-7H,9H2,1H3. The molecule has 0 radical (unpaired) electrons. The summed E-state index contributed by atoms with van der Waals surface area (Å²) < 4.78 is 18.6. The van der Waals surface area contributed by atoms with E-state index in [1.165, 1.54) is 30.3 Å². The maximum atomic E-state index is 13.2. The first-order valence-corrected chi connectivity index (χ1v) is 6.07. The van der Waals surface area contributed by atoms with Gasteiger partial charge in [0.25, 0.3) is 0 Å². The van der Waals surface area contributed by atoms with Gasteiger partial charge in [-0.25, -0.2) is 4.39 Å². The second kappa shape index (κ2) is 6.01. The Morgan fingerprint density at radius 2 is 2.10 bits per heavy atom. The molecule has 2 aromatic rings. The number of hydrogen-bond acceptors (Lipinski definition) is 4. The van der Waals surface area contributed by atoms with E-state index >= 15 is 0 Å². The topological polar surface area (TPSA) is 76.2 Å². The zero-order valence-electron chi connectivity index (χ0n) is 11.2. The molecule has 0 unspecified atom stereocenters. The van der Waals surface area contributed by atoms with Crippen LogP contribution in [0.25, 0.3) is 0 Å². The number of aryl methyl sites for hydroxylation is 1. The van der Waals surface area contributed by atoms with E-state index in [2.05, 4.69) is 0 Å². The highest BCUT2D eigenvalue weighted by atomic mass is 19.1. The van der Waals surface area contributed by atoms with Crippen molar-refractivity contribution < 1.29 is 14.1 Å². The minimum atomic E-state index is -0.609. The molecule has 0 aliphatic rings. The molecule has 0 aliphatic heterocycles. The molecule has 2 rings (SSSR count). The van der Waals surface area contributed by atoms with Crippen LogP contribution in [0.15, 0.2) is 36.4 Å². The van der Waals surface area contributed by atoms with Gasteiger partial charge in [-0.1, -0.05) is 12.1 Å². The van der Waals surface area contributed by atoms with Crippen molar-refractivity contribution in [3.63, 3.8) is 0 Å². The fourth-order valence-corrected chi connectivity index (χ4v) is 1.80. The van der Waals surface area contributed by atoms with Crippen LogP contribution in [0.4, 0.5) is 10.1 Å². The van der Waals surface area contributed by atoms with Gasteiger partial charge in [-0.15, -0.1) is 0 Å². The molecule has 0 heterocycles. The van der Waals surface area contributed by atoms with Crippen LogP contribution in [0.2, 0.25) is 0 Å². The molecule has 21 heavy (non-hydrogen) atoms. The summed E-state index contributed by atoms with van der Waals surface area (Å²) in [5.41, 5.74) is 1.09. The normalized spacial score (nSPS) is 9.95. The molecular weight excluding hydrogens is 275 g/mol. The number of nitro benzene ring substituents is 1. The van der Waals surface area contributed by atoms with Gasteiger partial charge in [0.15, 0.2) is 5.75 Å². The highest BCUT2D eigenvalue weighted by Crippen LogP contribution is 2.28. The quantitative estimate of drug-likeness (QED) is 0.636. The van der Waals surface area contributed by atoms with Crippen molar-refractivity contribution in [1.29, 1.82) is 5.26 Å². The van der Waals surface area contributed by atoms with Gasteiger partial charge >= 0.3 is 5.69 Å². The number of hydrogen-bond donors (Lipinski definition) is 0. The summed E-state index contributed by atoms with van der Waals surface area (Å²) in [5.74, 6) is -0.476. The summed E-state index contributed by atoms with van der Waals surface area (Å²) in [6.45, 7) is 1.76. The lowest BCUT2D eigenvalue weighted by molar-refractivity contribution is -0.386. The van der Waals surface area contributed by atoms with Gasteiger partial charge in [-0.05, 0) is 36.2 Å². The van der Waals surface area contributed by atoms with E-state index in [-0.39, 0.29) is 23.6 Å². The molecule has 6 heteroatoms. The second-order valence-electron chi connectivity index (χ2n) is 4.44. The number of halogens is 1. The summed E-state index contributed by atoms with van der Waals surface area (Å²) in [5, 5.41) is 19.7. The second-order valence-corrected chi connectivity index (χ2v) is 4.44. The van der Waals surface area contributed by atoms with Crippen LogP contribution in [-0.4, -0.2) is 4.92 Å². The van der Waals surface area contributed by atoms with Crippen LogP contribution in [0, 0.1) is 34.2 Å². The Kier molecular flexibility index (Phi) is 4.14. The summed E-state index contributed by atoms with van der Waals surface area (Å²) in [7, 11) is 0. The number of nitriles is 1. The lowest BCUT2D eigenvalue weighted by Crippen LogP contribution is -2.00. The predicted octanol–water partition coefficient (Wildman–Crippen LogP) is 3.49. The van der Waals surface area contributed by atoms with Crippen LogP contribution < -0.4 is 4.74 Å². The lowest BCUT2D eigenvalue weighted by atomic mass is 10.1. The zero-order valence-corrected chi connectivity index (χ0v) is 11.2. The Morgan fingerprint density at radius 3 is 2.76 bits per heavy atom. The van der Waals surface area contributed by atoms with E-state index in [1.807, 2.05) is 0 Å². The first kappa shape index (κ1) is 14.5. The predicted molar refractivity (Wildman–Crippen MR) is 73.3 cm³/mol. The van der Waals surface area contributed by atoms with Gasteiger partial charge in [0.1, 0.15) is 18.5 Å². The van der Waals surface area contributed by atoms with Crippen LogP contribution in [0.5, 0.6) is 5.75 Å². The molecular formula is C15H11FN2O3. The van der Waals surface area contributed by atoms with Crippen LogP contribution in [-0.2, 0) is 6.61 Å². The van der Waals surface area contributed by atoms with Crippen LogP contribution in [0.3, 0.4) is 0 Å². The Morgan fingerprint density at radius 1 is 1.33 bits per heavy atom. The highest BCUT2D eigenvalue weighted by molar-refractivity contribution is 5.48. The number of ether oxygens (including phenoxy) is 1. The van der Waals surface area contributed by atoms with Crippen LogP contribution >= 0.6 is 0 Å². The van der Waals surface area contributed by atoms with Crippen molar-refractivity contribution in [2.75, 3.05) is 0 Å². The summed E-state index contributed by atoms with van der Waals surface area (Å²) in [6, 6.07) is 10.4. The third-order valence-electron chi connectivity index (χ3n) is 2.86. The van der Waals surface area contributed by atoms with E-state index in [4.69, 9.17) is 10.00 Å². The molecule has 0 bridgehead atoms. The minimum Gasteiger partial charge on any atom is -0.482 e. The number of nitrogens with zero attached hydrogens (tertiary/aromatic N) is 2. The fourth-order valence-electron chi connectivity index (χ4n) is 1.80. The summed E-state index contributed by atoms with van der Waals surface area (Å²) >= 11 is 0. The van der Waals surface area contributed by atoms with Crippen molar-refractivity contribution in [3.05, 3.63) is 69.0 Å². The van der Waals surface area contributed by atoms with Crippen molar-refractivity contribution in [3.8, 4) is 11.8 Å². The molecule has 106 valence electrons. The molecule has 0 aliphatic carbocycles. The highest BCUT2D eigenvalue weighted by Gasteiger charge is 2.15. The van der Waals surface area contributed by atoms with E-state index in [0.717, 1.165) is 5.56 Å². The molecule has 0 N–H and O–H groups in total. The van der Waals surface area contributed by atoms with Crippen molar-refractivity contribution in [1.82, 2.24) is 0 Å². The largest absolute Gasteiger partial charge is 0.482 e. The number of benzene rings is 2. The molecule has 0 aromatic heterocycles. The molecule has 2 aromatic carbocycles. The molecule has 0 saturated heterocycles. The van der Waals surface area contributed by atoms with Crippen LogP contribution in [0.1, 0.15) is 16.7 Å². The van der Waals surface area contributed by atoms with Gasteiger partial charge in [-0.3, -0.25) is 10.1 Å². The van der Waals surface area contributed by atoms with Gasteiger partial charge in [0.05, 0.1) is 10.5 Å². The molecule has 0 saturated carbocycles. The number of rotatable bonds is 4. The Bertz CT molecular complexity index is 738. The van der Waals surface area contributed by atoms with E-state index in [1.54, 1.807) is 19.1 Å². The fraction of sp³-hybridized carbons (Fsp3) is 0.133. The van der Waals surface area contributed by atoms with E-state index in [9.17, 15) is 14.5 Å². The molecule has 5 nitrogen and oxygen atoms in total. The average molecular weight is 286 g/mol. The van der Waals surface area contributed by atoms with Gasteiger partial charge in [0, 0.05) is 6.07 Å². The Hall–Kier alpha value is -2.94. The average Bonchev–Trinajstić information content (AvgIpc) is 2.47. The van der Waals surface area contributed by atoms with Crippen molar-refractivity contribution in [2.45, 2.75) is 13.5 Å². The van der Waals surface area contributed by atoms with Gasteiger partial charge in [-0.2, -0.15) is 5.26 Å². The lowest BCUT2D eigenvalue weighted by Gasteiger charge is -2.08. The van der Waals surface area contributed by atoms with E-state index in [0.29, 0.717) is 5.56 Å². The molecule has 0 spiro atoms. The summed E-state index contributed by atoms with van der Waals surface area (Å²) in [6.07, 6.45) is 0. The smallest absolute Gasteiger partial charge is 0.311 e. The SMILES string of the molecule is Cc1ccc(OCc2ccc(F)c(C#N)c2)c([N+](=O)[O-])c1. The molecule has 0 atom stereocenters. The maximum absolute atomic E-state index is 13.2. The van der Waals surface area contributed by atoms with E-state index < -0.39 is 10.7 Å². The first-order chi connectivity index (χ1) is 10.0. The van der Waals surface area contributed by atoms with Gasteiger partial charge in [0.2, 0.25) is 0 Å². The minimum absolute atomic E-state index is 0.0128. The number of nitro groups is 1.